The molecule has 1 heterocycles. The summed E-state index contributed by atoms with van der Waals surface area (Å²) in [6, 6.07) is 16.0. The van der Waals surface area contributed by atoms with Crippen LogP contribution in [-0.4, -0.2) is 29.5 Å². The van der Waals surface area contributed by atoms with E-state index in [1.807, 2.05) is 18.2 Å². The monoisotopic (exact) mass is 483 g/mol. The number of benzene rings is 2. The Bertz CT molecular complexity index is 1010. The van der Waals surface area contributed by atoms with Crippen LogP contribution in [0.2, 0.25) is 10.0 Å². The number of hydrazine groups is 1. The van der Waals surface area contributed by atoms with Crippen LogP contribution in [0.25, 0.3) is 0 Å². The Hall–Kier alpha value is -1.75. The number of amides is 1. The maximum absolute atomic E-state index is 13.6. The van der Waals surface area contributed by atoms with E-state index in [2.05, 4.69) is 39.6 Å². The Kier molecular flexibility index (Phi) is 5.59. The third-order valence-electron chi connectivity index (χ3n) is 8.36. The Labute approximate surface area is 206 Å². The standard InChI is InChI=1S/C27H31Cl2N3O/c28-23-6-7-25(24(29)11-23)32-17-22(16-31(32)15-18-4-2-1-3-5-18)26(33)30-27-12-19-8-20(13-27)10-21(9-19)14-27/h1-7,11,19-22H,8-10,12-17H2,(H,30,33). The highest BCUT2D eigenvalue weighted by atomic mass is 35.5. The van der Waals surface area contributed by atoms with Gasteiger partial charge in [0.25, 0.3) is 0 Å². The molecule has 1 N–H and O–H groups in total. The van der Waals surface area contributed by atoms with E-state index in [9.17, 15) is 4.79 Å². The maximum atomic E-state index is 13.6. The second-order valence-corrected chi connectivity index (χ2v) is 11.7. The largest absolute Gasteiger partial charge is 0.350 e. The zero-order chi connectivity index (χ0) is 22.6. The molecule has 1 unspecified atom stereocenters. The van der Waals surface area contributed by atoms with Crippen LogP contribution in [0.15, 0.2) is 48.5 Å². The lowest BCUT2D eigenvalue weighted by atomic mass is 9.53. The Morgan fingerprint density at radius 3 is 2.24 bits per heavy atom. The highest BCUT2D eigenvalue weighted by Gasteiger charge is 2.52. The molecule has 174 valence electrons. The van der Waals surface area contributed by atoms with Crippen molar-refractivity contribution in [1.82, 2.24) is 10.3 Å². The third kappa shape index (κ3) is 4.26. The molecule has 1 saturated heterocycles. The van der Waals surface area contributed by atoms with E-state index < -0.39 is 0 Å². The first-order chi connectivity index (χ1) is 16.0. The van der Waals surface area contributed by atoms with Crippen LogP contribution >= 0.6 is 23.2 Å². The molecular formula is C27H31Cl2N3O. The molecular weight excluding hydrogens is 453 g/mol. The molecule has 2 aromatic rings. The molecule has 1 atom stereocenters. The molecule has 4 nitrogen and oxygen atoms in total. The predicted octanol–water partition coefficient (Wildman–Crippen LogP) is 5.93. The summed E-state index contributed by atoms with van der Waals surface area (Å²) in [4.78, 5) is 13.6. The first-order valence-corrected chi connectivity index (χ1v) is 13.1. The Morgan fingerprint density at radius 1 is 0.939 bits per heavy atom. The molecule has 1 aliphatic heterocycles. The van der Waals surface area contributed by atoms with Gasteiger partial charge in [-0.15, -0.1) is 0 Å². The average Bonchev–Trinajstić information content (AvgIpc) is 3.17. The van der Waals surface area contributed by atoms with Gasteiger partial charge >= 0.3 is 0 Å². The van der Waals surface area contributed by atoms with Crippen LogP contribution in [0, 0.1) is 23.7 Å². The minimum absolute atomic E-state index is 0.0431. The maximum Gasteiger partial charge on any atom is 0.226 e. The first kappa shape index (κ1) is 21.8. The fraction of sp³-hybridized carbons (Fsp3) is 0.519. The van der Waals surface area contributed by atoms with E-state index in [0.717, 1.165) is 30.0 Å². The van der Waals surface area contributed by atoms with E-state index in [0.29, 0.717) is 23.1 Å². The van der Waals surface area contributed by atoms with Gasteiger partial charge in [-0.3, -0.25) is 4.79 Å². The van der Waals surface area contributed by atoms with Gasteiger partial charge in [-0.2, -0.15) is 0 Å². The zero-order valence-electron chi connectivity index (χ0n) is 18.9. The summed E-state index contributed by atoms with van der Waals surface area (Å²) in [5.41, 5.74) is 2.17. The Balaban J connectivity index is 1.23. The molecule has 4 bridgehead atoms. The van der Waals surface area contributed by atoms with E-state index in [1.165, 1.54) is 44.1 Å². The van der Waals surface area contributed by atoms with E-state index in [4.69, 9.17) is 23.2 Å². The van der Waals surface area contributed by atoms with Crippen molar-refractivity contribution < 1.29 is 4.79 Å². The van der Waals surface area contributed by atoms with E-state index in [-0.39, 0.29) is 17.4 Å². The van der Waals surface area contributed by atoms with Crippen LogP contribution in [0.4, 0.5) is 5.69 Å². The van der Waals surface area contributed by atoms with Gasteiger partial charge in [-0.05, 0) is 80.0 Å². The number of carbonyl (C=O) groups excluding carboxylic acids is 1. The van der Waals surface area contributed by atoms with Crippen molar-refractivity contribution >= 4 is 34.8 Å². The molecule has 33 heavy (non-hydrogen) atoms. The smallest absolute Gasteiger partial charge is 0.226 e. The van der Waals surface area contributed by atoms with Crippen LogP contribution in [0.1, 0.15) is 44.1 Å². The lowest BCUT2D eigenvalue weighted by molar-refractivity contribution is -0.130. The van der Waals surface area contributed by atoms with Gasteiger partial charge < -0.3 is 10.3 Å². The summed E-state index contributed by atoms with van der Waals surface area (Å²) in [7, 11) is 0. The van der Waals surface area contributed by atoms with Crippen molar-refractivity contribution in [3.63, 3.8) is 0 Å². The summed E-state index contributed by atoms with van der Waals surface area (Å²) in [6.45, 7) is 2.05. The van der Waals surface area contributed by atoms with Crippen molar-refractivity contribution in [3.05, 3.63) is 64.1 Å². The third-order valence-corrected chi connectivity index (χ3v) is 8.90. The second-order valence-electron chi connectivity index (χ2n) is 10.9. The van der Waals surface area contributed by atoms with Crippen molar-refractivity contribution in [2.24, 2.45) is 23.7 Å². The zero-order valence-corrected chi connectivity index (χ0v) is 20.4. The first-order valence-electron chi connectivity index (χ1n) is 12.3. The molecule has 6 heteroatoms. The van der Waals surface area contributed by atoms with Gasteiger partial charge in [0.1, 0.15) is 0 Å². The van der Waals surface area contributed by atoms with Crippen molar-refractivity contribution in [3.8, 4) is 0 Å². The summed E-state index contributed by atoms with van der Waals surface area (Å²) in [5.74, 6) is 2.58. The number of rotatable bonds is 5. The summed E-state index contributed by atoms with van der Waals surface area (Å²) in [6.07, 6.45) is 7.68. The number of hydrogen-bond acceptors (Lipinski definition) is 3. The minimum atomic E-state index is -0.0894. The van der Waals surface area contributed by atoms with Gasteiger partial charge in [0.2, 0.25) is 5.91 Å². The van der Waals surface area contributed by atoms with Crippen molar-refractivity contribution in [2.75, 3.05) is 18.1 Å². The summed E-state index contributed by atoms with van der Waals surface area (Å²) >= 11 is 12.8. The number of anilines is 1. The second kappa shape index (κ2) is 8.48. The normalized spacial score (nSPS) is 33.0. The molecule has 1 amide bonds. The molecule has 0 radical (unpaired) electrons. The number of nitrogens with zero attached hydrogens (tertiary/aromatic N) is 2. The van der Waals surface area contributed by atoms with Gasteiger partial charge in [-0.1, -0.05) is 53.5 Å². The summed E-state index contributed by atoms with van der Waals surface area (Å²) in [5, 5.41) is 9.27. The van der Waals surface area contributed by atoms with Gasteiger partial charge in [0.05, 0.1) is 16.6 Å². The average molecular weight is 484 g/mol. The molecule has 2 aromatic carbocycles. The lowest BCUT2D eigenvalue weighted by Crippen LogP contribution is -2.61. The molecule has 0 aromatic heterocycles. The summed E-state index contributed by atoms with van der Waals surface area (Å²) < 4.78 is 0. The van der Waals surface area contributed by atoms with Crippen molar-refractivity contribution in [1.29, 1.82) is 0 Å². The van der Waals surface area contributed by atoms with Crippen LogP contribution in [0.3, 0.4) is 0 Å². The van der Waals surface area contributed by atoms with Gasteiger partial charge in [0.15, 0.2) is 0 Å². The molecule has 5 fully saturated rings. The van der Waals surface area contributed by atoms with Crippen LogP contribution in [-0.2, 0) is 11.3 Å². The number of halogens is 2. The topological polar surface area (TPSA) is 35.6 Å². The molecule has 4 aliphatic carbocycles. The number of carbonyl (C=O) groups is 1. The molecule has 5 aliphatic rings. The van der Waals surface area contributed by atoms with Crippen LogP contribution in [0.5, 0.6) is 0 Å². The fourth-order valence-electron chi connectivity index (χ4n) is 7.41. The molecule has 4 saturated carbocycles. The van der Waals surface area contributed by atoms with Gasteiger partial charge in [-0.25, -0.2) is 5.01 Å². The van der Waals surface area contributed by atoms with Crippen LogP contribution < -0.4 is 10.3 Å². The predicted molar refractivity (Wildman–Crippen MR) is 133 cm³/mol. The van der Waals surface area contributed by atoms with E-state index >= 15 is 0 Å². The van der Waals surface area contributed by atoms with E-state index in [1.54, 1.807) is 6.07 Å². The number of hydrogen-bond donors (Lipinski definition) is 1. The number of nitrogens with one attached hydrogen (secondary N) is 1. The SMILES string of the molecule is O=C(NC12CC3CC(CC(C3)C1)C2)C1CN(Cc2ccccc2)N(c2ccc(Cl)cc2Cl)C1. The lowest BCUT2D eigenvalue weighted by Gasteiger charge is -2.57. The quantitative estimate of drug-likeness (QED) is 0.571. The highest BCUT2D eigenvalue weighted by molar-refractivity contribution is 6.36. The molecule has 7 rings (SSSR count). The Morgan fingerprint density at radius 2 is 1.61 bits per heavy atom. The fourth-order valence-corrected chi connectivity index (χ4v) is 7.92. The molecule has 0 spiro atoms. The highest BCUT2D eigenvalue weighted by Crippen LogP contribution is 2.55. The van der Waals surface area contributed by atoms with Gasteiger partial charge in [0, 0.05) is 30.2 Å². The van der Waals surface area contributed by atoms with Crippen molar-refractivity contribution in [2.45, 2.75) is 50.6 Å². The minimum Gasteiger partial charge on any atom is -0.350 e.